The maximum absolute atomic E-state index is 13.1. The highest BCUT2D eigenvalue weighted by atomic mass is 35.5. The van der Waals surface area contributed by atoms with Gasteiger partial charge in [-0.3, -0.25) is 0 Å². The highest BCUT2D eigenvalue weighted by Crippen LogP contribution is 2.29. The summed E-state index contributed by atoms with van der Waals surface area (Å²) >= 11 is 11.5. The van der Waals surface area contributed by atoms with Crippen molar-refractivity contribution in [2.24, 2.45) is 4.99 Å². The van der Waals surface area contributed by atoms with Crippen molar-refractivity contribution in [2.75, 3.05) is 6.61 Å². The van der Waals surface area contributed by atoms with Gasteiger partial charge in [0.1, 0.15) is 0 Å². The fraction of sp³-hybridized carbons (Fsp3) is 0.333. The summed E-state index contributed by atoms with van der Waals surface area (Å²) in [4.78, 5) is 15.0. The van der Waals surface area contributed by atoms with Crippen LogP contribution in [0, 0.1) is 0 Å². The second-order valence-electron chi connectivity index (χ2n) is 4.31. The maximum atomic E-state index is 13.1. The Morgan fingerprint density at radius 2 is 1.92 bits per heavy atom. The lowest BCUT2D eigenvalue weighted by atomic mass is 10.3. The number of hydrogen-bond donors (Lipinski definition) is 0. The zero-order valence-electron chi connectivity index (χ0n) is 12.8. The lowest BCUT2D eigenvalue weighted by molar-refractivity contribution is -0.142. The SMILES string of the molecule is CC/C=C(\OC(=Nc1ccc(Cl)c(Cl)c1)C(F)(F)F)C(=O)OCC. The molecule has 1 aromatic rings. The van der Waals surface area contributed by atoms with Crippen molar-refractivity contribution in [2.45, 2.75) is 26.4 Å². The van der Waals surface area contributed by atoms with Gasteiger partial charge in [-0.25, -0.2) is 9.79 Å². The number of esters is 1. The van der Waals surface area contributed by atoms with E-state index in [9.17, 15) is 18.0 Å². The summed E-state index contributed by atoms with van der Waals surface area (Å²) in [7, 11) is 0. The Kier molecular flexibility index (Phi) is 7.57. The molecule has 0 aliphatic carbocycles. The molecule has 0 heterocycles. The molecule has 0 atom stereocenters. The second kappa shape index (κ2) is 8.94. The summed E-state index contributed by atoms with van der Waals surface area (Å²) in [5, 5.41) is 0.206. The van der Waals surface area contributed by atoms with Crippen molar-refractivity contribution in [3.8, 4) is 0 Å². The summed E-state index contributed by atoms with van der Waals surface area (Å²) in [6.45, 7) is 3.15. The lowest BCUT2D eigenvalue weighted by Crippen LogP contribution is -2.27. The van der Waals surface area contributed by atoms with E-state index in [1.165, 1.54) is 25.1 Å². The molecule has 1 rings (SSSR count). The lowest BCUT2D eigenvalue weighted by Gasteiger charge is -2.14. The quantitative estimate of drug-likeness (QED) is 0.223. The number of hydrogen-bond acceptors (Lipinski definition) is 4. The van der Waals surface area contributed by atoms with Crippen molar-refractivity contribution >= 4 is 40.8 Å². The Morgan fingerprint density at radius 3 is 2.42 bits per heavy atom. The third kappa shape index (κ3) is 6.05. The molecule has 4 nitrogen and oxygen atoms in total. The predicted molar refractivity (Wildman–Crippen MR) is 85.7 cm³/mol. The molecule has 0 N–H and O–H groups in total. The van der Waals surface area contributed by atoms with Gasteiger partial charge in [0.15, 0.2) is 0 Å². The van der Waals surface area contributed by atoms with Crippen LogP contribution in [0.25, 0.3) is 0 Å². The molecule has 0 saturated carbocycles. The van der Waals surface area contributed by atoms with Gasteiger partial charge in [-0.1, -0.05) is 30.1 Å². The largest absolute Gasteiger partial charge is 0.468 e. The smallest absolute Gasteiger partial charge is 0.460 e. The first kappa shape index (κ1) is 20.3. The molecule has 0 bridgehead atoms. The van der Waals surface area contributed by atoms with Crippen LogP contribution in [-0.4, -0.2) is 24.7 Å². The number of carbonyl (C=O) groups is 1. The van der Waals surface area contributed by atoms with Crippen molar-refractivity contribution in [1.29, 1.82) is 0 Å². The van der Waals surface area contributed by atoms with E-state index in [1.807, 2.05) is 0 Å². The van der Waals surface area contributed by atoms with Gasteiger partial charge < -0.3 is 9.47 Å². The zero-order chi connectivity index (χ0) is 18.3. The number of rotatable bonds is 5. The molecule has 0 aliphatic heterocycles. The fourth-order valence-corrected chi connectivity index (χ4v) is 1.77. The first-order chi connectivity index (χ1) is 11.2. The van der Waals surface area contributed by atoms with Gasteiger partial charge in [0, 0.05) is 0 Å². The Labute approximate surface area is 146 Å². The predicted octanol–water partition coefficient (Wildman–Crippen LogP) is 5.46. The minimum Gasteiger partial charge on any atom is -0.460 e. The molecule has 1 aromatic carbocycles. The number of allylic oxidation sites excluding steroid dienone is 1. The van der Waals surface area contributed by atoms with E-state index in [-0.39, 0.29) is 28.8 Å². The highest BCUT2D eigenvalue weighted by Gasteiger charge is 2.40. The molecule has 24 heavy (non-hydrogen) atoms. The maximum Gasteiger partial charge on any atom is 0.468 e. The molecule has 0 aromatic heterocycles. The van der Waals surface area contributed by atoms with E-state index >= 15 is 0 Å². The van der Waals surface area contributed by atoms with Gasteiger partial charge in [0.05, 0.1) is 22.3 Å². The first-order valence-electron chi connectivity index (χ1n) is 6.85. The van der Waals surface area contributed by atoms with Crippen molar-refractivity contribution in [3.05, 3.63) is 40.1 Å². The van der Waals surface area contributed by atoms with E-state index in [2.05, 4.69) is 14.5 Å². The summed E-state index contributed by atoms with van der Waals surface area (Å²) in [5.74, 6) is -3.21. The number of nitrogens with zero attached hydrogens (tertiary/aromatic N) is 1. The van der Waals surface area contributed by atoms with Gasteiger partial charge in [0.2, 0.25) is 5.76 Å². The van der Waals surface area contributed by atoms with Crippen LogP contribution in [-0.2, 0) is 14.3 Å². The Morgan fingerprint density at radius 1 is 1.25 bits per heavy atom. The minimum atomic E-state index is -4.93. The van der Waals surface area contributed by atoms with Crippen LogP contribution in [0.4, 0.5) is 18.9 Å². The third-order valence-electron chi connectivity index (χ3n) is 2.45. The molecule has 9 heteroatoms. The van der Waals surface area contributed by atoms with Crippen LogP contribution in [0.1, 0.15) is 20.3 Å². The average Bonchev–Trinajstić information content (AvgIpc) is 2.48. The van der Waals surface area contributed by atoms with Gasteiger partial charge in [-0.05, 0) is 37.6 Å². The molecule has 0 spiro atoms. The van der Waals surface area contributed by atoms with Gasteiger partial charge in [-0.2, -0.15) is 13.2 Å². The number of aliphatic imine (C=N–C) groups is 1. The summed E-state index contributed by atoms with van der Waals surface area (Å²) in [6.07, 6.45) is -3.48. The monoisotopic (exact) mass is 383 g/mol. The third-order valence-corrected chi connectivity index (χ3v) is 3.19. The van der Waals surface area contributed by atoms with Crippen LogP contribution in [0.3, 0.4) is 0 Å². The van der Waals surface area contributed by atoms with E-state index < -0.39 is 23.8 Å². The number of ether oxygens (including phenoxy) is 2. The van der Waals surface area contributed by atoms with Crippen LogP contribution in [0.5, 0.6) is 0 Å². The number of carbonyl (C=O) groups excluding carboxylic acids is 1. The number of benzene rings is 1. The van der Waals surface area contributed by atoms with Crippen molar-refractivity contribution < 1.29 is 27.4 Å². The Bertz CT molecular complexity index is 658. The summed E-state index contributed by atoms with van der Waals surface area (Å²) in [5.41, 5.74) is -0.128. The summed E-state index contributed by atoms with van der Waals surface area (Å²) < 4.78 is 48.8. The van der Waals surface area contributed by atoms with Gasteiger partial charge >= 0.3 is 18.0 Å². The molecule has 0 fully saturated rings. The Hall–Kier alpha value is -1.73. The molecule has 0 aliphatic rings. The molecular formula is C15H14Cl2F3NO3. The molecular weight excluding hydrogens is 370 g/mol. The van der Waals surface area contributed by atoms with Crippen LogP contribution in [0.15, 0.2) is 35.0 Å². The standard InChI is InChI=1S/C15H14Cl2F3NO3/c1-3-5-12(13(22)23-4-2)24-14(15(18,19)20)21-9-6-7-10(16)11(17)8-9/h5-8H,3-4H2,1-2H3/b12-5-,21-14?. The second-order valence-corrected chi connectivity index (χ2v) is 5.13. The topological polar surface area (TPSA) is 47.9 Å². The molecule has 0 radical (unpaired) electrons. The van der Waals surface area contributed by atoms with Gasteiger partial charge in [0.25, 0.3) is 0 Å². The fourth-order valence-electron chi connectivity index (χ4n) is 1.47. The normalized spacial score (nSPS) is 13.0. The molecule has 0 saturated heterocycles. The number of alkyl halides is 3. The minimum absolute atomic E-state index is 0.00542. The van der Waals surface area contributed by atoms with E-state index in [1.54, 1.807) is 6.92 Å². The molecule has 0 amide bonds. The molecule has 0 unspecified atom stereocenters. The van der Waals surface area contributed by atoms with Crippen LogP contribution in [0.2, 0.25) is 10.0 Å². The van der Waals surface area contributed by atoms with E-state index in [4.69, 9.17) is 23.2 Å². The molecule has 132 valence electrons. The van der Waals surface area contributed by atoms with Crippen LogP contribution >= 0.6 is 23.2 Å². The number of halogens is 5. The zero-order valence-corrected chi connectivity index (χ0v) is 14.3. The van der Waals surface area contributed by atoms with E-state index in [0.29, 0.717) is 0 Å². The highest BCUT2D eigenvalue weighted by molar-refractivity contribution is 6.42. The van der Waals surface area contributed by atoms with Crippen LogP contribution < -0.4 is 0 Å². The van der Waals surface area contributed by atoms with Crippen molar-refractivity contribution in [3.63, 3.8) is 0 Å². The first-order valence-corrected chi connectivity index (χ1v) is 7.60. The Balaban J connectivity index is 3.21. The van der Waals surface area contributed by atoms with Crippen molar-refractivity contribution in [1.82, 2.24) is 0 Å². The van der Waals surface area contributed by atoms with Gasteiger partial charge in [-0.15, -0.1) is 0 Å². The summed E-state index contributed by atoms with van der Waals surface area (Å²) in [6, 6.07) is 3.67. The van der Waals surface area contributed by atoms with E-state index in [0.717, 1.165) is 6.07 Å². The average molecular weight is 384 g/mol.